The molecule has 6 nitrogen and oxygen atoms in total. The molecule has 1 N–H and O–H groups in total. The van der Waals surface area contributed by atoms with Crippen molar-refractivity contribution in [2.45, 2.75) is 19.4 Å². The van der Waals surface area contributed by atoms with Gasteiger partial charge in [-0.25, -0.2) is 0 Å². The van der Waals surface area contributed by atoms with E-state index in [9.17, 15) is 4.79 Å². The number of nitrogens with one attached hydrogen (secondary N) is 1. The van der Waals surface area contributed by atoms with Gasteiger partial charge in [-0.05, 0) is 12.5 Å². The topological polar surface area (TPSA) is 81.9 Å². The highest BCUT2D eigenvalue weighted by molar-refractivity contribution is 5.73. The Balaban J connectivity index is 2.10. The average molecular weight is 231 g/mol. The highest BCUT2D eigenvalue weighted by Crippen LogP contribution is 2.20. The van der Waals surface area contributed by atoms with Gasteiger partial charge in [-0.1, -0.05) is 0 Å². The summed E-state index contributed by atoms with van der Waals surface area (Å²) in [5.74, 6) is 0.569. The van der Waals surface area contributed by atoms with Gasteiger partial charge in [0.05, 0.1) is 11.8 Å². The van der Waals surface area contributed by atoms with E-state index in [0.29, 0.717) is 17.9 Å². The second kappa shape index (κ2) is 4.78. The second-order valence-corrected chi connectivity index (χ2v) is 4.01. The van der Waals surface area contributed by atoms with E-state index in [2.05, 4.69) is 21.6 Å². The SMILES string of the molecule is CC(=O)NC1CCN(c2nnccc2C#N)C1. The van der Waals surface area contributed by atoms with E-state index in [-0.39, 0.29) is 11.9 Å². The van der Waals surface area contributed by atoms with Crippen LogP contribution in [0.2, 0.25) is 0 Å². The molecule has 0 aliphatic carbocycles. The highest BCUT2D eigenvalue weighted by atomic mass is 16.1. The standard InChI is InChI=1S/C11H13N5O/c1-8(17)14-10-3-5-16(7-10)11-9(6-12)2-4-13-15-11/h2,4,10H,3,5,7H2,1H3,(H,14,17). The maximum absolute atomic E-state index is 11.0. The van der Waals surface area contributed by atoms with Crippen molar-refractivity contribution in [1.29, 1.82) is 5.26 Å². The molecule has 1 saturated heterocycles. The first kappa shape index (κ1) is 11.3. The summed E-state index contributed by atoms with van der Waals surface area (Å²) in [6.45, 7) is 2.96. The molecule has 2 heterocycles. The molecule has 1 aromatic heterocycles. The number of carbonyl (C=O) groups is 1. The second-order valence-electron chi connectivity index (χ2n) is 4.01. The van der Waals surface area contributed by atoms with Gasteiger partial charge in [0.2, 0.25) is 5.91 Å². The highest BCUT2D eigenvalue weighted by Gasteiger charge is 2.25. The Labute approximate surface area is 99.3 Å². The molecule has 1 unspecified atom stereocenters. The van der Waals surface area contributed by atoms with Crippen LogP contribution < -0.4 is 10.2 Å². The van der Waals surface area contributed by atoms with Crippen LogP contribution >= 0.6 is 0 Å². The van der Waals surface area contributed by atoms with Crippen LogP contribution in [0.25, 0.3) is 0 Å². The Morgan fingerprint density at radius 1 is 1.71 bits per heavy atom. The van der Waals surface area contributed by atoms with E-state index < -0.39 is 0 Å². The van der Waals surface area contributed by atoms with Gasteiger partial charge in [0.25, 0.3) is 0 Å². The van der Waals surface area contributed by atoms with Crippen LogP contribution in [-0.4, -0.2) is 35.2 Å². The molecule has 0 radical (unpaired) electrons. The fourth-order valence-corrected chi connectivity index (χ4v) is 2.00. The summed E-state index contributed by atoms with van der Waals surface area (Å²) in [5.41, 5.74) is 0.517. The van der Waals surface area contributed by atoms with Crippen molar-refractivity contribution in [3.63, 3.8) is 0 Å². The van der Waals surface area contributed by atoms with Crippen LogP contribution in [-0.2, 0) is 4.79 Å². The van der Waals surface area contributed by atoms with Gasteiger partial charge < -0.3 is 10.2 Å². The summed E-state index contributed by atoms with van der Waals surface area (Å²) in [7, 11) is 0. The van der Waals surface area contributed by atoms with Crippen LogP contribution in [0.4, 0.5) is 5.82 Å². The predicted molar refractivity (Wildman–Crippen MR) is 61.2 cm³/mol. The molecule has 1 fully saturated rings. The smallest absolute Gasteiger partial charge is 0.217 e. The Bertz CT molecular complexity index is 467. The van der Waals surface area contributed by atoms with Gasteiger partial charge in [-0.2, -0.15) is 10.4 Å². The number of rotatable bonds is 2. The molecule has 0 saturated carbocycles. The lowest BCUT2D eigenvalue weighted by molar-refractivity contribution is -0.119. The van der Waals surface area contributed by atoms with Crippen LogP contribution in [0.15, 0.2) is 12.3 Å². The molecule has 1 aliphatic heterocycles. The number of carbonyl (C=O) groups excluding carboxylic acids is 1. The van der Waals surface area contributed by atoms with Crippen LogP contribution in [0, 0.1) is 11.3 Å². The molecular weight excluding hydrogens is 218 g/mol. The largest absolute Gasteiger partial charge is 0.352 e. The van der Waals surface area contributed by atoms with Crippen molar-refractivity contribution in [1.82, 2.24) is 15.5 Å². The van der Waals surface area contributed by atoms with Crippen molar-refractivity contribution >= 4 is 11.7 Å². The maximum Gasteiger partial charge on any atom is 0.217 e. The Morgan fingerprint density at radius 2 is 2.53 bits per heavy atom. The van der Waals surface area contributed by atoms with Crippen LogP contribution in [0.1, 0.15) is 18.9 Å². The molecule has 1 amide bonds. The molecule has 1 aliphatic rings. The normalized spacial score (nSPS) is 18.8. The summed E-state index contributed by atoms with van der Waals surface area (Å²) in [6.07, 6.45) is 2.37. The monoisotopic (exact) mass is 231 g/mol. The van der Waals surface area contributed by atoms with Gasteiger partial charge in [0, 0.05) is 26.1 Å². The average Bonchev–Trinajstić information content (AvgIpc) is 2.76. The third kappa shape index (κ3) is 2.50. The summed E-state index contributed by atoms with van der Waals surface area (Å²) in [4.78, 5) is 12.9. The van der Waals surface area contributed by atoms with Crippen molar-refractivity contribution in [3.05, 3.63) is 17.8 Å². The summed E-state index contributed by atoms with van der Waals surface area (Å²) in [5, 5.41) is 19.6. The van der Waals surface area contributed by atoms with Gasteiger partial charge >= 0.3 is 0 Å². The third-order valence-electron chi connectivity index (χ3n) is 2.72. The quantitative estimate of drug-likeness (QED) is 0.778. The number of aromatic nitrogens is 2. The van der Waals surface area contributed by atoms with Crippen molar-refractivity contribution in [2.24, 2.45) is 0 Å². The fraction of sp³-hybridized carbons (Fsp3) is 0.455. The first-order valence-electron chi connectivity index (χ1n) is 5.44. The zero-order valence-corrected chi connectivity index (χ0v) is 9.55. The number of nitrogens with zero attached hydrogens (tertiary/aromatic N) is 4. The van der Waals surface area contributed by atoms with E-state index in [1.807, 2.05) is 4.90 Å². The zero-order chi connectivity index (χ0) is 12.3. The first-order chi connectivity index (χ1) is 8.20. The predicted octanol–water partition coefficient (Wildman–Crippen LogP) is 0.0631. The Hall–Kier alpha value is -2.16. The molecule has 6 heteroatoms. The lowest BCUT2D eigenvalue weighted by atomic mass is 10.2. The van der Waals surface area contributed by atoms with E-state index in [1.165, 1.54) is 13.1 Å². The molecule has 0 bridgehead atoms. The first-order valence-corrected chi connectivity index (χ1v) is 5.44. The van der Waals surface area contributed by atoms with Crippen molar-refractivity contribution in [2.75, 3.05) is 18.0 Å². The summed E-state index contributed by atoms with van der Waals surface area (Å²) < 4.78 is 0. The van der Waals surface area contributed by atoms with Gasteiger partial charge in [0.15, 0.2) is 5.82 Å². The molecule has 2 rings (SSSR count). The molecule has 0 aromatic carbocycles. The zero-order valence-electron chi connectivity index (χ0n) is 9.55. The minimum atomic E-state index is -0.0310. The van der Waals surface area contributed by atoms with Crippen LogP contribution in [0.3, 0.4) is 0 Å². The number of amides is 1. The van der Waals surface area contributed by atoms with E-state index in [0.717, 1.165) is 13.0 Å². The molecule has 17 heavy (non-hydrogen) atoms. The maximum atomic E-state index is 11.0. The number of nitriles is 1. The third-order valence-corrected chi connectivity index (χ3v) is 2.72. The van der Waals surface area contributed by atoms with Crippen molar-refractivity contribution in [3.8, 4) is 6.07 Å². The fourth-order valence-electron chi connectivity index (χ4n) is 2.00. The van der Waals surface area contributed by atoms with E-state index in [1.54, 1.807) is 6.07 Å². The Morgan fingerprint density at radius 3 is 3.24 bits per heavy atom. The molecule has 1 atom stereocenters. The number of hydrogen-bond acceptors (Lipinski definition) is 5. The summed E-state index contributed by atoms with van der Waals surface area (Å²) >= 11 is 0. The molecule has 0 spiro atoms. The van der Waals surface area contributed by atoms with E-state index >= 15 is 0 Å². The molecular formula is C11H13N5O. The lowest BCUT2D eigenvalue weighted by Gasteiger charge is -2.17. The van der Waals surface area contributed by atoms with Gasteiger partial charge in [-0.3, -0.25) is 4.79 Å². The van der Waals surface area contributed by atoms with Gasteiger partial charge in [0.1, 0.15) is 6.07 Å². The molecule has 1 aromatic rings. The van der Waals surface area contributed by atoms with Crippen LogP contribution in [0.5, 0.6) is 0 Å². The van der Waals surface area contributed by atoms with Crippen molar-refractivity contribution < 1.29 is 4.79 Å². The number of anilines is 1. The molecule has 88 valence electrons. The Kier molecular flexibility index (Phi) is 3.19. The lowest BCUT2D eigenvalue weighted by Crippen LogP contribution is -2.35. The minimum absolute atomic E-state index is 0.0310. The number of hydrogen-bond donors (Lipinski definition) is 1. The minimum Gasteiger partial charge on any atom is -0.352 e. The summed E-state index contributed by atoms with van der Waals surface area (Å²) in [6, 6.07) is 3.87. The van der Waals surface area contributed by atoms with E-state index in [4.69, 9.17) is 5.26 Å². The van der Waals surface area contributed by atoms with Gasteiger partial charge in [-0.15, -0.1) is 5.10 Å².